The van der Waals surface area contributed by atoms with E-state index in [2.05, 4.69) is 10.3 Å². The highest BCUT2D eigenvalue weighted by atomic mass is 35.5. The zero-order valence-electron chi connectivity index (χ0n) is 8.61. The van der Waals surface area contributed by atoms with Gasteiger partial charge in [-0.1, -0.05) is 17.7 Å². The van der Waals surface area contributed by atoms with Crippen molar-refractivity contribution < 1.29 is 0 Å². The molecule has 84 valence electrons. The third-order valence-electron chi connectivity index (χ3n) is 2.17. The van der Waals surface area contributed by atoms with E-state index >= 15 is 0 Å². The van der Waals surface area contributed by atoms with Crippen LogP contribution in [0.15, 0.2) is 29.9 Å². The summed E-state index contributed by atoms with van der Waals surface area (Å²) < 4.78 is 0. The molecule has 0 fully saturated rings. The van der Waals surface area contributed by atoms with Gasteiger partial charge in [0.15, 0.2) is 0 Å². The fraction of sp³-hybridized carbons (Fsp3) is 0.182. The lowest BCUT2D eigenvalue weighted by atomic mass is 10.2. The Morgan fingerprint density at radius 3 is 2.94 bits per heavy atom. The number of benzene rings is 1. The van der Waals surface area contributed by atoms with Gasteiger partial charge >= 0.3 is 0 Å². The topological polar surface area (TPSA) is 50.9 Å². The molecule has 2 rings (SSSR count). The third kappa shape index (κ3) is 2.95. The van der Waals surface area contributed by atoms with Gasteiger partial charge in [-0.3, -0.25) is 4.98 Å². The van der Waals surface area contributed by atoms with Crippen LogP contribution in [0.25, 0.3) is 0 Å². The summed E-state index contributed by atoms with van der Waals surface area (Å²) in [5.41, 5.74) is 9.30. The maximum atomic E-state index is 5.84. The van der Waals surface area contributed by atoms with Crippen molar-refractivity contribution in [1.82, 2.24) is 10.3 Å². The van der Waals surface area contributed by atoms with Gasteiger partial charge in [0.1, 0.15) is 0 Å². The molecule has 0 spiro atoms. The van der Waals surface area contributed by atoms with Crippen molar-refractivity contribution in [3.63, 3.8) is 0 Å². The molecule has 2 aromatic rings. The Morgan fingerprint density at radius 2 is 2.25 bits per heavy atom. The van der Waals surface area contributed by atoms with Gasteiger partial charge in [-0.25, -0.2) is 0 Å². The monoisotopic (exact) mass is 253 g/mol. The highest BCUT2D eigenvalue weighted by Gasteiger charge is 1.99. The number of thiazole rings is 1. The summed E-state index contributed by atoms with van der Waals surface area (Å²) in [6, 6.07) is 5.68. The molecule has 0 radical (unpaired) electrons. The lowest BCUT2D eigenvalue weighted by Crippen LogP contribution is -2.11. The fourth-order valence-corrected chi connectivity index (χ4v) is 2.04. The molecule has 0 unspecified atom stereocenters. The van der Waals surface area contributed by atoms with Gasteiger partial charge in [0, 0.05) is 24.2 Å². The summed E-state index contributed by atoms with van der Waals surface area (Å²) in [7, 11) is 0. The van der Waals surface area contributed by atoms with Gasteiger partial charge in [0.25, 0.3) is 0 Å². The Kier molecular flexibility index (Phi) is 3.77. The summed E-state index contributed by atoms with van der Waals surface area (Å²) in [4.78, 5) is 5.24. The molecule has 0 aliphatic carbocycles. The van der Waals surface area contributed by atoms with Gasteiger partial charge in [-0.05, 0) is 17.7 Å². The molecule has 0 bridgehead atoms. The van der Waals surface area contributed by atoms with Gasteiger partial charge < -0.3 is 11.1 Å². The van der Waals surface area contributed by atoms with Crippen LogP contribution in [0.4, 0.5) is 5.69 Å². The molecule has 16 heavy (non-hydrogen) atoms. The largest absolute Gasteiger partial charge is 0.398 e. The molecule has 0 amide bonds. The molecule has 3 N–H and O–H groups in total. The number of nitrogens with one attached hydrogen (secondary N) is 1. The van der Waals surface area contributed by atoms with E-state index in [1.807, 2.05) is 29.9 Å². The molecule has 3 nitrogen and oxygen atoms in total. The van der Waals surface area contributed by atoms with E-state index in [1.165, 1.54) is 4.88 Å². The molecule has 0 atom stereocenters. The molecule has 0 saturated carbocycles. The lowest BCUT2D eigenvalue weighted by Gasteiger charge is -2.05. The first kappa shape index (κ1) is 11.4. The van der Waals surface area contributed by atoms with Crippen LogP contribution in [0.2, 0.25) is 5.02 Å². The molecular weight excluding hydrogens is 242 g/mol. The number of rotatable bonds is 4. The Bertz CT molecular complexity index is 456. The maximum absolute atomic E-state index is 5.84. The number of hydrogen-bond acceptors (Lipinski definition) is 4. The molecule has 0 aliphatic rings. The van der Waals surface area contributed by atoms with Crippen molar-refractivity contribution >= 4 is 28.6 Å². The number of nitrogens with zero attached hydrogens (tertiary/aromatic N) is 1. The lowest BCUT2D eigenvalue weighted by molar-refractivity contribution is 0.700. The summed E-state index contributed by atoms with van der Waals surface area (Å²) >= 11 is 7.49. The normalized spacial score (nSPS) is 10.6. The summed E-state index contributed by atoms with van der Waals surface area (Å²) in [6.45, 7) is 1.60. The Labute approximate surface area is 103 Å². The summed E-state index contributed by atoms with van der Waals surface area (Å²) in [5.74, 6) is 0. The smallest absolute Gasteiger partial charge is 0.0794 e. The van der Waals surface area contributed by atoms with Crippen molar-refractivity contribution in [2.75, 3.05) is 5.73 Å². The zero-order valence-corrected chi connectivity index (χ0v) is 10.2. The van der Waals surface area contributed by atoms with E-state index < -0.39 is 0 Å². The second-order valence-corrected chi connectivity index (χ2v) is 4.81. The van der Waals surface area contributed by atoms with Crippen LogP contribution in [0, 0.1) is 0 Å². The average Bonchev–Trinajstić information content (AvgIpc) is 2.76. The highest BCUT2D eigenvalue weighted by molar-refractivity contribution is 7.09. The fourth-order valence-electron chi connectivity index (χ4n) is 1.36. The van der Waals surface area contributed by atoms with Crippen LogP contribution < -0.4 is 11.1 Å². The minimum Gasteiger partial charge on any atom is -0.398 e. The van der Waals surface area contributed by atoms with Crippen LogP contribution in [0.5, 0.6) is 0 Å². The quantitative estimate of drug-likeness (QED) is 0.824. The number of hydrogen-bond donors (Lipinski definition) is 2. The van der Waals surface area contributed by atoms with Crippen LogP contribution >= 0.6 is 22.9 Å². The van der Waals surface area contributed by atoms with Crippen molar-refractivity contribution in [1.29, 1.82) is 0 Å². The number of aromatic nitrogens is 1. The van der Waals surface area contributed by atoms with Crippen LogP contribution in [-0.4, -0.2) is 4.98 Å². The first-order chi connectivity index (χ1) is 7.75. The zero-order chi connectivity index (χ0) is 11.4. The van der Waals surface area contributed by atoms with Gasteiger partial charge in [0.2, 0.25) is 0 Å². The molecule has 5 heteroatoms. The second kappa shape index (κ2) is 5.30. The molecule has 1 aromatic heterocycles. The molecule has 1 heterocycles. The van der Waals surface area contributed by atoms with E-state index in [0.29, 0.717) is 10.7 Å². The highest BCUT2D eigenvalue weighted by Crippen LogP contribution is 2.19. The van der Waals surface area contributed by atoms with E-state index in [-0.39, 0.29) is 0 Å². The SMILES string of the molecule is Nc1cc(CNCc2cncs2)ccc1Cl. The average molecular weight is 254 g/mol. The van der Waals surface area contributed by atoms with Crippen molar-refractivity contribution in [3.05, 3.63) is 45.4 Å². The number of halogens is 1. The first-order valence-corrected chi connectivity index (χ1v) is 6.13. The van der Waals surface area contributed by atoms with Gasteiger partial charge in [-0.2, -0.15) is 0 Å². The van der Waals surface area contributed by atoms with E-state index in [9.17, 15) is 0 Å². The standard InChI is InChI=1S/C11H12ClN3S/c12-10-2-1-8(3-11(10)13)4-14-5-9-6-15-7-16-9/h1-3,6-7,14H,4-5,13H2. The van der Waals surface area contributed by atoms with E-state index in [0.717, 1.165) is 18.7 Å². The molecule has 0 saturated heterocycles. The van der Waals surface area contributed by atoms with Crippen molar-refractivity contribution in [2.24, 2.45) is 0 Å². The Hall–Kier alpha value is -1.10. The van der Waals surface area contributed by atoms with Crippen LogP contribution in [0.3, 0.4) is 0 Å². The van der Waals surface area contributed by atoms with Gasteiger partial charge in [-0.15, -0.1) is 11.3 Å². The second-order valence-electron chi connectivity index (χ2n) is 3.43. The van der Waals surface area contributed by atoms with E-state index in [1.54, 1.807) is 11.3 Å². The minimum atomic E-state index is 0.603. The molecule has 0 aliphatic heterocycles. The van der Waals surface area contributed by atoms with Crippen LogP contribution in [-0.2, 0) is 13.1 Å². The van der Waals surface area contributed by atoms with Crippen molar-refractivity contribution in [3.8, 4) is 0 Å². The van der Waals surface area contributed by atoms with Crippen LogP contribution in [0.1, 0.15) is 10.4 Å². The number of nitrogen functional groups attached to an aromatic ring is 1. The minimum absolute atomic E-state index is 0.603. The number of nitrogens with two attached hydrogens (primary N) is 1. The van der Waals surface area contributed by atoms with E-state index in [4.69, 9.17) is 17.3 Å². The third-order valence-corrected chi connectivity index (χ3v) is 3.30. The van der Waals surface area contributed by atoms with Crippen molar-refractivity contribution in [2.45, 2.75) is 13.1 Å². The summed E-state index contributed by atoms with van der Waals surface area (Å²) in [6.07, 6.45) is 1.87. The Morgan fingerprint density at radius 1 is 1.38 bits per heavy atom. The first-order valence-electron chi connectivity index (χ1n) is 4.87. The number of anilines is 1. The Balaban J connectivity index is 1.87. The molecular formula is C11H12ClN3S. The predicted molar refractivity (Wildman–Crippen MR) is 68.5 cm³/mol. The molecule has 1 aromatic carbocycles. The predicted octanol–water partition coefficient (Wildman–Crippen LogP) is 2.67. The maximum Gasteiger partial charge on any atom is 0.0794 e. The summed E-state index contributed by atoms with van der Waals surface area (Å²) in [5, 5.41) is 3.93. The van der Waals surface area contributed by atoms with Gasteiger partial charge in [0.05, 0.1) is 16.2 Å².